The second-order valence-corrected chi connectivity index (χ2v) is 8.92. The predicted octanol–water partition coefficient (Wildman–Crippen LogP) is 3.38. The maximum absolute atomic E-state index is 12.3. The summed E-state index contributed by atoms with van der Waals surface area (Å²) in [6.45, 7) is -0.672. The minimum atomic E-state index is -2.88. The fraction of sp³-hybridized carbons (Fsp3) is 0.296. The standard InChI is InChI=1S/C14H19F2N3O3.C13H12N4/c1-18(4-5-19-6-7-21-9-13(19)20)12-8-10(22-14(15)16)2-3-11(12)17;1-17-8-10(9-4-2-3-5-12(9)17)11-6-7-15-13(14)16-11/h2-3,8,14H,4-7,9,17H2,1H3;2-8H,1H3,(H2,14,15,16). The Labute approximate surface area is 224 Å². The van der Waals surface area contributed by atoms with Crippen LogP contribution in [0.4, 0.5) is 26.1 Å². The van der Waals surface area contributed by atoms with Gasteiger partial charge in [-0.1, -0.05) is 18.2 Å². The van der Waals surface area contributed by atoms with Crippen LogP contribution >= 0.6 is 0 Å². The second kappa shape index (κ2) is 12.4. The van der Waals surface area contributed by atoms with Crippen molar-refractivity contribution in [3.8, 4) is 17.0 Å². The monoisotopic (exact) mass is 539 g/mol. The highest BCUT2D eigenvalue weighted by atomic mass is 19.3. The van der Waals surface area contributed by atoms with Gasteiger partial charge in [-0.15, -0.1) is 0 Å². The van der Waals surface area contributed by atoms with Crippen LogP contribution in [0.2, 0.25) is 0 Å². The Morgan fingerprint density at radius 1 is 1.18 bits per heavy atom. The van der Waals surface area contributed by atoms with E-state index >= 15 is 0 Å². The van der Waals surface area contributed by atoms with E-state index in [2.05, 4.69) is 37.6 Å². The van der Waals surface area contributed by atoms with Crippen molar-refractivity contribution in [3.63, 3.8) is 0 Å². The van der Waals surface area contributed by atoms with Crippen LogP contribution in [-0.2, 0) is 16.6 Å². The van der Waals surface area contributed by atoms with E-state index in [-0.39, 0.29) is 18.3 Å². The highest BCUT2D eigenvalue weighted by Crippen LogP contribution is 2.29. The van der Waals surface area contributed by atoms with Gasteiger partial charge >= 0.3 is 6.61 Å². The third kappa shape index (κ3) is 6.90. The molecule has 0 aliphatic carbocycles. The van der Waals surface area contributed by atoms with E-state index in [1.807, 2.05) is 25.2 Å². The summed E-state index contributed by atoms with van der Waals surface area (Å²) in [6, 6.07) is 14.5. The van der Waals surface area contributed by atoms with Crippen molar-refractivity contribution in [2.45, 2.75) is 6.61 Å². The molecule has 2 aromatic heterocycles. The van der Waals surface area contributed by atoms with Crippen LogP contribution in [0.25, 0.3) is 22.2 Å². The molecule has 12 heteroatoms. The van der Waals surface area contributed by atoms with Crippen LogP contribution in [0.15, 0.2) is 60.9 Å². The summed E-state index contributed by atoms with van der Waals surface area (Å²) >= 11 is 0. The number of hydrogen-bond acceptors (Lipinski definition) is 8. The molecule has 3 heterocycles. The quantitative estimate of drug-likeness (QED) is 0.343. The minimum absolute atomic E-state index is 0.0495. The number of aryl methyl sites for hydroxylation is 1. The Morgan fingerprint density at radius 2 is 1.97 bits per heavy atom. The van der Waals surface area contributed by atoms with E-state index in [0.29, 0.717) is 43.6 Å². The van der Waals surface area contributed by atoms with E-state index in [1.54, 1.807) is 23.0 Å². The summed E-state index contributed by atoms with van der Waals surface area (Å²) < 4.78 is 36.1. The highest BCUT2D eigenvalue weighted by molar-refractivity contribution is 5.95. The summed E-state index contributed by atoms with van der Waals surface area (Å²) in [7, 11) is 3.80. The van der Waals surface area contributed by atoms with Crippen LogP contribution in [-0.4, -0.2) is 71.8 Å². The van der Waals surface area contributed by atoms with E-state index < -0.39 is 6.61 Å². The molecule has 39 heavy (non-hydrogen) atoms. The van der Waals surface area contributed by atoms with Crippen LogP contribution < -0.4 is 21.1 Å². The van der Waals surface area contributed by atoms with Crippen LogP contribution in [0, 0.1) is 0 Å². The molecule has 1 aliphatic heterocycles. The molecule has 0 atom stereocenters. The van der Waals surface area contributed by atoms with Gasteiger partial charge in [0, 0.05) is 68.7 Å². The lowest BCUT2D eigenvalue weighted by Crippen LogP contribution is -2.44. The van der Waals surface area contributed by atoms with Gasteiger partial charge in [0.2, 0.25) is 11.9 Å². The van der Waals surface area contributed by atoms with Crippen LogP contribution in [0.1, 0.15) is 0 Å². The van der Waals surface area contributed by atoms with Crippen molar-refractivity contribution < 1.29 is 23.0 Å². The second-order valence-electron chi connectivity index (χ2n) is 8.92. The Hall–Kier alpha value is -4.45. The average Bonchev–Trinajstić information content (AvgIpc) is 3.26. The summed E-state index contributed by atoms with van der Waals surface area (Å²) in [5.41, 5.74) is 15.6. The number of carbonyl (C=O) groups excluding carboxylic acids is 1. The van der Waals surface area contributed by atoms with Gasteiger partial charge in [-0.3, -0.25) is 4.79 Å². The number of fused-ring (bicyclic) bond motifs is 1. The number of para-hydroxylation sites is 1. The zero-order valence-corrected chi connectivity index (χ0v) is 21.8. The lowest BCUT2D eigenvalue weighted by molar-refractivity contribution is -0.142. The van der Waals surface area contributed by atoms with Gasteiger partial charge < -0.3 is 35.3 Å². The average molecular weight is 540 g/mol. The Balaban J connectivity index is 0.000000186. The van der Waals surface area contributed by atoms with Crippen molar-refractivity contribution in [3.05, 3.63) is 60.9 Å². The molecular weight excluding hydrogens is 508 g/mol. The Kier molecular flexibility index (Phi) is 8.77. The first-order valence-corrected chi connectivity index (χ1v) is 12.3. The molecule has 5 rings (SSSR count). The molecule has 0 radical (unpaired) electrons. The number of ether oxygens (including phenoxy) is 2. The molecule has 1 aliphatic rings. The summed E-state index contributed by atoms with van der Waals surface area (Å²) in [4.78, 5) is 23.3. The Morgan fingerprint density at radius 3 is 2.72 bits per heavy atom. The van der Waals surface area contributed by atoms with Crippen molar-refractivity contribution in [1.82, 2.24) is 19.4 Å². The zero-order chi connectivity index (χ0) is 27.9. The van der Waals surface area contributed by atoms with Gasteiger partial charge in [-0.25, -0.2) is 9.97 Å². The predicted molar refractivity (Wildman–Crippen MR) is 147 cm³/mol. The number of nitrogens with zero attached hydrogens (tertiary/aromatic N) is 5. The lowest BCUT2D eigenvalue weighted by atomic mass is 10.1. The third-order valence-electron chi connectivity index (χ3n) is 6.27. The molecule has 206 valence electrons. The number of halogens is 2. The number of rotatable bonds is 7. The van der Waals surface area contributed by atoms with E-state index in [1.165, 1.54) is 29.1 Å². The molecule has 4 N–H and O–H groups in total. The fourth-order valence-corrected chi connectivity index (χ4v) is 4.28. The zero-order valence-electron chi connectivity index (χ0n) is 21.8. The van der Waals surface area contributed by atoms with Crippen molar-refractivity contribution >= 4 is 34.1 Å². The number of aromatic nitrogens is 3. The number of anilines is 3. The maximum atomic E-state index is 12.3. The highest BCUT2D eigenvalue weighted by Gasteiger charge is 2.19. The normalized spacial score (nSPS) is 13.4. The third-order valence-corrected chi connectivity index (χ3v) is 6.27. The van der Waals surface area contributed by atoms with Gasteiger partial charge in [0.1, 0.15) is 12.4 Å². The SMILES string of the molecule is CN(CCN1CCOCC1=O)c1cc(OC(F)F)ccc1N.Cn1cc(-c2ccnc(N)n2)c2ccccc21. The number of likely N-dealkylation sites (N-methyl/N-ethyl adjacent to an activating group) is 1. The first-order valence-electron chi connectivity index (χ1n) is 12.3. The topological polar surface area (TPSA) is 125 Å². The number of carbonyl (C=O) groups is 1. The number of morpholine rings is 1. The molecule has 1 saturated heterocycles. The molecule has 10 nitrogen and oxygen atoms in total. The number of alkyl halides is 2. The van der Waals surface area contributed by atoms with Gasteiger partial charge in [-0.2, -0.15) is 8.78 Å². The summed E-state index contributed by atoms with van der Waals surface area (Å²) in [6.07, 6.45) is 3.74. The fourth-order valence-electron chi connectivity index (χ4n) is 4.28. The summed E-state index contributed by atoms with van der Waals surface area (Å²) in [5, 5.41) is 1.17. The molecule has 0 saturated carbocycles. The molecular formula is C27H31F2N7O3. The van der Waals surface area contributed by atoms with Gasteiger partial charge in [-0.05, 0) is 24.3 Å². The number of nitrogen functional groups attached to an aromatic ring is 2. The molecule has 1 fully saturated rings. The molecule has 2 aromatic carbocycles. The molecule has 4 aromatic rings. The van der Waals surface area contributed by atoms with Crippen molar-refractivity contribution in [1.29, 1.82) is 0 Å². The van der Waals surface area contributed by atoms with Crippen LogP contribution in [0.5, 0.6) is 5.75 Å². The molecule has 0 unspecified atom stereocenters. The first-order chi connectivity index (χ1) is 18.7. The number of nitrogens with two attached hydrogens (primary N) is 2. The lowest BCUT2D eigenvalue weighted by Gasteiger charge is -2.30. The molecule has 1 amide bonds. The van der Waals surface area contributed by atoms with Crippen LogP contribution in [0.3, 0.4) is 0 Å². The largest absolute Gasteiger partial charge is 0.435 e. The van der Waals surface area contributed by atoms with Crippen molar-refractivity contribution in [2.24, 2.45) is 7.05 Å². The molecule has 0 bridgehead atoms. The molecule has 0 spiro atoms. The van der Waals surface area contributed by atoms with Crippen molar-refractivity contribution in [2.75, 3.05) is 56.3 Å². The minimum Gasteiger partial charge on any atom is -0.435 e. The van der Waals surface area contributed by atoms with E-state index in [9.17, 15) is 13.6 Å². The number of benzene rings is 2. The van der Waals surface area contributed by atoms with E-state index in [4.69, 9.17) is 16.2 Å². The Bertz CT molecular complexity index is 1430. The maximum Gasteiger partial charge on any atom is 0.387 e. The van der Waals surface area contributed by atoms with Gasteiger partial charge in [0.25, 0.3) is 0 Å². The van der Waals surface area contributed by atoms with Gasteiger partial charge in [0.15, 0.2) is 0 Å². The van der Waals surface area contributed by atoms with E-state index in [0.717, 1.165) is 11.3 Å². The number of amides is 1. The summed E-state index contributed by atoms with van der Waals surface area (Å²) in [5.74, 6) is 0.298. The smallest absolute Gasteiger partial charge is 0.387 e. The number of hydrogen-bond donors (Lipinski definition) is 2. The van der Waals surface area contributed by atoms with Gasteiger partial charge in [0.05, 0.1) is 23.7 Å². The first kappa shape index (κ1) is 27.6.